The summed E-state index contributed by atoms with van der Waals surface area (Å²) in [5, 5.41) is 2.22. The molecule has 5 nitrogen and oxygen atoms in total. The summed E-state index contributed by atoms with van der Waals surface area (Å²) in [5.74, 6) is 2.09. The molecule has 1 aliphatic carbocycles. The van der Waals surface area contributed by atoms with Crippen LogP contribution in [0.25, 0.3) is 61.0 Å². The Morgan fingerprint density at radius 1 is 0.481 bits per heavy atom. The van der Waals surface area contributed by atoms with Crippen LogP contribution < -0.4 is 14.5 Å². The molecule has 398 valence electrons. The Balaban J connectivity index is 0.00000618. The Morgan fingerprint density at radius 2 is 1.05 bits per heavy atom. The zero-order valence-corrected chi connectivity index (χ0v) is 48.5. The third kappa shape index (κ3) is 8.60. The zero-order valence-electron chi connectivity index (χ0n) is 46.2. The first-order chi connectivity index (χ1) is 38.9. The number of hydrogen-bond donors (Lipinski definition) is 0. The van der Waals surface area contributed by atoms with Gasteiger partial charge in [0.05, 0.1) is 5.41 Å². The van der Waals surface area contributed by atoms with Crippen molar-refractivity contribution in [3.8, 4) is 50.7 Å². The van der Waals surface area contributed by atoms with E-state index in [4.69, 9.17) is 9.72 Å². The SMILES string of the molecule is CC(C)(C)c1ccnc(-n2c3[c-]c(Oc4[c-]c(N5[CH-]N(c6c(-c7ccccc7)cc(C7(c8ccccc8)c8ccccc8-c8ccccc87)cc6-c6ccccc6)c6ccccc65)ccc4C(C)(C)C)ccc3c3ccccc32)c1.[Pt]. The summed E-state index contributed by atoms with van der Waals surface area (Å²) < 4.78 is 9.34. The summed E-state index contributed by atoms with van der Waals surface area (Å²) in [7, 11) is 0. The van der Waals surface area contributed by atoms with Gasteiger partial charge in [0, 0.05) is 72.5 Å². The van der Waals surface area contributed by atoms with Gasteiger partial charge < -0.3 is 19.1 Å². The molecule has 2 aliphatic rings. The van der Waals surface area contributed by atoms with Crippen LogP contribution in [0.15, 0.2) is 243 Å². The maximum atomic E-state index is 7.12. The van der Waals surface area contributed by atoms with Crippen molar-refractivity contribution in [2.24, 2.45) is 0 Å². The molecule has 14 rings (SSSR count). The molecule has 0 radical (unpaired) electrons. The van der Waals surface area contributed by atoms with Crippen LogP contribution in [0.5, 0.6) is 11.5 Å². The molecular formula is C75H59N4OPt-3. The molecule has 0 bridgehead atoms. The average Bonchev–Trinajstić information content (AvgIpc) is 2.61. The van der Waals surface area contributed by atoms with Crippen molar-refractivity contribution < 1.29 is 25.8 Å². The van der Waals surface area contributed by atoms with Gasteiger partial charge in [0.15, 0.2) is 0 Å². The molecule has 0 saturated heterocycles. The van der Waals surface area contributed by atoms with Gasteiger partial charge in [-0.2, -0.15) is 12.1 Å². The Kier molecular flexibility index (Phi) is 12.8. The van der Waals surface area contributed by atoms with Gasteiger partial charge in [0.2, 0.25) is 0 Å². The van der Waals surface area contributed by atoms with Crippen molar-refractivity contribution in [1.29, 1.82) is 0 Å². The molecule has 0 amide bonds. The van der Waals surface area contributed by atoms with Gasteiger partial charge in [-0.25, -0.2) is 4.98 Å². The van der Waals surface area contributed by atoms with Gasteiger partial charge in [-0.15, -0.1) is 47.6 Å². The number of anilines is 4. The van der Waals surface area contributed by atoms with Crippen LogP contribution in [0.3, 0.4) is 0 Å². The number of fused-ring (bicyclic) bond motifs is 7. The summed E-state index contributed by atoms with van der Waals surface area (Å²) in [6.45, 7) is 15.6. The van der Waals surface area contributed by atoms with Crippen molar-refractivity contribution in [3.63, 3.8) is 0 Å². The molecule has 1 aliphatic heterocycles. The van der Waals surface area contributed by atoms with E-state index >= 15 is 0 Å². The van der Waals surface area contributed by atoms with E-state index in [0.717, 1.165) is 78.2 Å². The van der Waals surface area contributed by atoms with E-state index in [1.54, 1.807) is 0 Å². The van der Waals surface area contributed by atoms with Crippen LogP contribution in [0.4, 0.5) is 22.7 Å². The number of pyridine rings is 1. The first-order valence-electron chi connectivity index (χ1n) is 27.7. The van der Waals surface area contributed by atoms with Gasteiger partial charge in [0.1, 0.15) is 5.82 Å². The fraction of sp³-hybridized carbons (Fsp3) is 0.120. The van der Waals surface area contributed by atoms with Crippen LogP contribution >= 0.6 is 0 Å². The van der Waals surface area contributed by atoms with E-state index < -0.39 is 5.41 Å². The number of para-hydroxylation sites is 3. The average molecular weight is 1230 g/mol. The molecule has 0 N–H and O–H groups in total. The van der Waals surface area contributed by atoms with E-state index in [1.165, 1.54) is 38.9 Å². The minimum absolute atomic E-state index is 0. The Bertz CT molecular complexity index is 4240. The summed E-state index contributed by atoms with van der Waals surface area (Å²) >= 11 is 0. The quantitative estimate of drug-likeness (QED) is 0.135. The minimum Gasteiger partial charge on any atom is -0.509 e. The summed E-state index contributed by atoms with van der Waals surface area (Å²) in [4.78, 5) is 9.60. The second-order valence-corrected chi connectivity index (χ2v) is 23.2. The van der Waals surface area contributed by atoms with Crippen molar-refractivity contribution in [3.05, 3.63) is 295 Å². The molecule has 0 fully saturated rings. The van der Waals surface area contributed by atoms with E-state index in [1.807, 2.05) is 12.3 Å². The molecule has 0 unspecified atom stereocenters. The van der Waals surface area contributed by atoms with Crippen LogP contribution in [0.2, 0.25) is 0 Å². The van der Waals surface area contributed by atoms with E-state index in [9.17, 15) is 0 Å². The van der Waals surface area contributed by atoms with Crippen LogP contribution in [0, 0.1) is 18.8 Å². The van der Waals surface area contributed by atoms with E-state index in [2.05, 4.69) is 305 Å². The minimum atomic E-state index is -0.619. The largest absolute Gasteiger partial charge is 0.509 e. The number of rotatable bonds is 9. The second kappa shape index (κ2) is 20.1. The van der Waals surface area contributed by atoms with Crippen molar-refractivity contribution in [1.82, 2.24) is 9.55 Å². The van der Waals surface area contributed by atoms with Gasteiger partial charge in [-0.1, -0.05) is 222 Å². The molecule has 3 heterocycles. The predicted octanol–water partition coefficient (Wildman–Crippen LogP) is 19.3. The molecule has 81 heavy (non-hydrogen) atoms. The number of ether oxygens (including phenoxy) is 1. The predicted molar refractivity (Wildman–Crippen MR) is 330 cm³/mol. The van der Waals surface area contributed by atoms with Crippen LogP contribution in [-0.4, -0.2) is 9.55 Å². The van der Waals surface area contributed by atoms with Crippen LogP contribution in [-0.2, 0) is 37.3 Å². The topological polar surface area (TPSA) is 33.5 Å². The Morgan fingerprint density at radius 3 is 1.68 bits per heavy atom. The van der Waals surface area contributed by atoms with Crippen LogP contribution in [0.1, 0.15) is 74.9 Å². The van der Waals surface area contributed by atoms with Crippen molar-refractivity contribution in [2.75, 3.05) is 9.80 Å². The third-order valence-electron chi connectivity index (χ3n) is 16.3. The maximum Gasteiger partial charge on any atom is 0.135 e. The molecule has 0 saturated carbocycles. The smallest absolute Gasteiger partial charge is 0.135 e. The normalized spacial score (nSPS) is 13.5. The fourth-order valence-corrected chi connectivity index (χ4v) is 12.5. The second-order valence-electron chi connectivity index (χ2n) is 23.2. The molecule has 0 atom stereocenters. The number of nitrogens with zero attached hydrogens (tertiary/aromatic N) is 4. The van der Waals surface area contributed by atoms with Crippen molar-refractivity contribution >= 4 is 44.6 Å². The number of benzene rings is 10. The van der Waals surface area contributed by atoms with Crippen molar-refractivity contribution in [2.45, 2.75) is 57.8 Å². The first-order valence-corrected chi connectivity index (χ1v) is 27.7. The first kappa shape index (κ1) is 51.7. The Labute approximate surface area is 490 Å². The van der Waals surface area contributed by atoms with Gasteiger partial charge >= 0.3 is 0 Å². The molecule has 0 spiro atoms. The Hall–Kier alpha value is -8.76. The molecule has 2 aromatic heterocycles. The molecule has 12 aromatic rings. The number of hydrogen-bond acceptors (Lipinski definition) is 4. The maximum absolute atomic E-state index is 7.12. The fourth-order valence-electron chi connectivity index (χ4n) is 12.5. The summed E-state index contributed by atoms with van der Waals surface area (Å²) in [6.07, 6.45) is 1.91. The molecule has 10 aromatic carbocycles. The standard InChI is InChI=1S/C75H59N4O.Pt/c1-73(2,3)53-42-43-76-71(46-53)79-66-35-21-18-32-59(66)60-40-39-56(48-69(60)79)80-70-47-55(38-41-65(70)74(4,5)6)77-49-78(68-37-23-22-36-67(68)77)72-61(50-24-10-7-11-25-50)44-54(45-62(72)51-26-12-8-13-27-51)75(52-28-14-9-15-29-52)63-33-19-16-30-57(63)58-31-17-20-34-64(58)75;/h7-46,49H,1-6H3;/q-3;. The number of aromatic nitrogens is 2. The third-order valence-corrected chi connectivity index (χ3v) is 16.3. The summed E-state index contributed by atoms with van der Waals surface area (Å²) in [5.41, 5.74) is 19.2. The van der Waals surface area contributed by atoms with Gasteiger partial charge in [-0.05, 0) is 103 Å². The van der Waals surface area contributed by atoms with E-state index in [-0.39, 0.29) is 31.9 Å². The van der Waals surface area contributed by atoms with Gasteiger partial charge in [0.25, 0.3) is 0 Å². The molecular weight excluding hydrogens is 1170 g/mol. The zero-order chi connectivity index (χ0) is 54.3. The van der Waals surface area contributed by atoms with Gasteiger partial charge in [-0.3, -0.25) is 0 Å². The molecule has 6 heteroatoms. The van der Waals surface area contributed by atoms with E-state index in [0.29, 0.717) is 11.5 Å². The summed E-state index contributed by atoms with van der Waals surface area (Å²) in [6, 6.07) is 93.5. The monoisotopic (exact) mass is 1230 g/mol.